The molecular formula is C12H21NO3. The van der Waals surface area contributed by atoms with Gasteiger partial charge in [0.05, 0.1) is 12.1 Å². The van der Waals surface area contributed by atoms with Crippen LogP contribution in [0.3, 0.4) is 0 Å². The number of alkyl carbamates (subject to hydrolysis) is 1. The highest BCUT2D eigenvalue weighted by Gasteiger charge is 2.21. The Balaban J connectivity index is 4.27. The quantitative estimate of drug-likeness (QED) is 0.706. The van der Waals surface area contributed by atoms with E-state index in [2.05, 4.69) is 18.5 Å². The first-order valence-corrected chi connectivity index (χ1v) is 5.21. The molecule has 16 heavy (non-hydrogen) atoms. The summed E-state index contributed by atoms with van der Waals surface area (Å²) in [5.41, 5.74) is -0.556. The van der Waals surface area contributed by atoms with E-state index in [0.717, 1.165) is 0 Å². The zero-order valence-electron chi connectivity index (χ0n) is 10.2. The SMILES string of the molecule is C=CCC(O)C(C=C)NC(=O)OC(C)(C)C. The van der Waals surface area contributed by atoms with Gasteiger partial charge < -0.3 is 15.2 Å². The van der Waals surface area contributed by atoms with Gasteiger partial charge in [0.15, 0.2) is 0 Å². The van der Waals surface area contributed by atoms with Crippen LogP contribution >= 0.6 is 0 Å². The fourth-order valence-electron chi connectivity index (χ4n) is 1.07. The van der Waals surface area contributed by atoms with Gasteiger partial charge in [-0.15, -0.1) is 13.2 Å². The zero-order valence-corrected chi connectivity index (χ0v) is 10.2. The summed E-state index contributed by atoms with van der Waals surface area (Å²) in [7, 11) is 0. The first-order chi connectivity index (χ1) is 7.30. The summed E-state index contributed by atoms with van der Waals surface area (Å²) in [4.78, 5) is 11.4. The van der Waals surface area contributed by atoms with Crippen LogP contribution in [-0.2, 0) is 4.74 Å². The summed E-state index contributed by atoms with van der Waals surface area (Å²) in [6, 6.07) is -0.534. The highest BCUT2D eigenvalue weighted by molar-refractivity contribution is 5.68. The third-order valence-corrected chi connectivity index (χ3v) is 1.76. The third-order valence-electron chi connectivity index (χ3n) is 1.76. The second-order valence-corrected chi connectivity index (χ2v) is 4.50. The minimum Gasteiger partial charge on any atom is -0.444 e. The summed E-state index contributed by atoms with van der Waals surface area (Å²) >= 11 is 0. The number of carbonyl (C=O) groups excluding carboxylic acids is 1. The van der Waals surface area contributed by atoms with Crippen molar-refractivity contribution in [3.8, 4) is 0 Å². The summed E-state index contributed by atoms with van der Waals surface area (Å²) < 4.78 is 5.06. The van der Waals surface area contributed by atoms with Gasteiger partial charge in [-0.1, -0.05) is 12.2 Å². The number of hydrogen-bond donors (Lipinski definition) is 2. The van der Waals surface area contributed by atoms with Crippen molar-refractivity contribution in [3.05, 3.63) is 25.3 Å². The van der Waals surface area contributed by atoms with E-state index in [1.807, 2.05) is 0 Å². The number of aliphatic hydroxyl groups is 1. The van der Waals surface area contributed by atoms with Gasteiger partial charge in [0.25, 0.3) is 0 Å². The number of ether oxygens (including phenoxy) is 1. The first kappa shape index (κ1) is 14.7. The van der Waals surface area contributed by atoms with Crippen molar-refractivity contribution in [2.24, 2.45) is 0 Å². The summed E-state index contributed by atoms with van der Waals surface area (Å²) in [6.45, 7) is 12.4. The van der Waals surface area contributed by atoms with E-state index in [4.69, 9.17) is 4.74 Å². The van der Waals surface area contributed by atoms with E-state index >= 15 is 0 Å². The molecule has 0 spiro atoms. The lowest BCUT2D eigenvalue weighted by atomic mass is 10.1. The van der Waals surface area contributed by atoms with Crippen molar-refractivity contribution in [1.82, 2.24) is 5.32 Å². The van der Waals surface area contributed by atoms with Crippen LogP contribution in [-0.4, -0.2) is 28.9 Å². The Morgan fingerprint density at radius 2 is 2.06 bits per heavy atom. The van der Waals surface area contributed by atoms with Crippen LogP contribution in [0.1, 0.15) is 27.2 Å². The highest BCUT2D eigenvalue weighted by Crippen LogP contribution is 2.08. The van der Waals surface area contributed by atoms with Crippen molar-refractivity contribution in [2.45, 2.75) is 44.9 Å². The number of aliphatic hydroxyl groups excluding tert-OH is 1. The zero-order chi connectivity index (χ0) is 12.8. The first-order valence-electron chi connectivity index (χ1n) is 5.21. The van der Waals surface area contributed by atoms with Gasteiger partial charge in [0, 0.05) is 0 Å². The maximum Gasteiger partial charge on any atom is 0.408 e. The molecule has 0 saturated heterocycles. The Kier molecular flexibility index (Phi) is 5.82. The van der Waals surface area contributed by atoms with Gasteiger partial charge in [0.1, 0.15) is 5.60 Å². The molecule has 2 unspecified atom stereocenters. The fraction of sp³-hybridized carbons (Fsp3) is 0.583. The molecule has 4 nitrogen and oxygen atoms in total. The molecule has 0 rings (SSSR count). The predicted octanol–water partition coefficient (Wildman–Crippen LogP) is 2.00. The van der Waals surface area contributed by atoms with Crippen LogP contribution in [0.5, 0.6) is 0 Å². The minimum atomic E-state index is -0.734. The lowest BCUT2D eigenvalue weighted by molar-refractivity contribution is 0.0457. The molecule has 1 amide bonds. The average molecular weight is 227 g/mol. The van der Waals surface area contributed by atoms with Gasteiger partial charge in [-0.3, -0.25) is 0 Å². The van der Waals surface area contributed by atoms with Crippen LogP contribution in [0.2, 0.25) is 0 Å². The van der Waals surface area contributed by atoms with Gasteiger partial charge in [-0.05, 0) is 27.2 Å². The van der Waals surface area contributed by atoms with Crippen molar-refractivity contribution in [1.29, 1.82) is 0 Å². The van der Waals surface area contributed by atoms with E-state index < -0.39 is 23.8 Å². The van der Waals surface area contributed by atoms with E-state index in [-0.39, 0.29) is 0 Å². The van der Waals surface area contributed by atoms with Crippen molar-refractivity contribution in [3.63, 3.8) is 0 Å². The molecule has 0 aliphatic carbocycles. The van der Waals surface area contributed by atoms with Crippen LogP contribution in [0.4, 0.5) is 4.79 Å². The van der Waals surface area contributed by atoms with Gasteiger partial charge in [-0.25, -0.2) is 4.79 Å². The largest absolute Gasteiger partial charge is 0.444 e. The summed E-state index contributed by atoms with van der Waals surface area (Å²) in [5, 5.41) is 12.2. The lowest BCUT2D eigenvalue weighted by Crippen LogP contribution is -2.44. The van der Waals surface area contributed by atoms with E-state index in [1.165, 1.54) is 6.08 Å². The molecular weight excluding hydrogens is 206 g/mol. The molecule has 0 radical (unpaired) electrons. The van der Waals surface area contributed by atoms with Crippen molar-refractivity contribution >= 4 is 6.09 Å². The molecule has 0 heterocycles. The van der Waals surface area contributed by atoms with Crippen LogP contribution in [0.25, 0.3) is 0 Å². The Labute approximate surface area is 97.0 Å². The molecule has 0 aromatic rings. The van der Waals surface area contributed by atoms with E-state index in [0.29, 0.717) is 6.42 Å². The van der Waals surface area contributed by atoms with Gasteiger partial charge >= 0.3 is 6.09 Å². The summed E-state index contributed by atoms with van der Waals surface area (Å²) in [5.74, 6) is 0. The Morgan fingerprint density at radius 1 is 1.50 bits per heavy atom. The highest BCUT2D eigenvalue weighted by atomic mass is 16.6. The molecule has 0 aromatic carbocycles. The maximum atomic E-state index is 11.4. The second kappa shape index (κ2) is 6.33. The summed E-state index contributed by atoms with van der Waals surface area (Å²) in [6.07, 6.45) is 2.13. The molecule has 0 fully saturated rings. The molecule has 0 aromatic heterocycles. The maximum absolute atomic E-state index is 11.4. The smallest absolute Gasteiger partial charge is 0.408 e. The van der Waals surface area contributed by atoms with E-state index in [9.17, 15) is 9.90 Å². The van der Waals surface area contributed by atoms with Crippen LogP contribution in [0.15, 0.2) is 25.3 Å². The Bertz CT molecular complexity index is 255. The lowest BCUT2D eigenvalue weighted by Gasteiger charge is -2.24. The van der Waals surface area contributed by atoms with Gasteiger partial charge in [-0.2, -0.15) is 0 Å². The normalized spacial score (nSPS) is 14.8. The van der Waals surface area contributed by atoms with Gasteiger partial charge in [0.2, 0.25) is 0 Å². The molecule has 0 saturated carbocycles. The van der Waals surface area contributed by atoms with Crippen molar-refractivity contribution < 1.29 is 14.6 Å². The molecule has 0 aliphatic rings. The topological polar surface area (TPSA) is 58.6 Å². The Morgan fingerprint density at radius 3 is 2.44 bits per heavy atom. The second-order valence-electron chi connectivity index (χ2n) is 4.50. The van der Waals surface area contributed by atoms with Crippen molar-refractivity contribution in [2.75, 3.05) is 0 Å². The Hall–Kier alpha value is -1.29. The molecule has 4 heteroatoms. The van der Waals surface area contributed by atoms with Crippen LogP contribution in [0, 0.1) is 0 Å². The third kappa shape index (κ3) is 6.24. The number of rotatable bonds is 5. The number of carbonyl (C=O) groups is 1. The molecule has 2 atom stereocenters. The number of nitrogens with one attached hydrogen (secondary N) is 1. The average Bonchev–Trinajstić information content (AvgIpc) is 2.11. The number of amides is 1. The predicted molar refractivity (Wildman–Crippen MR) is 64.2 cm³/mol. The fourth-order valence-corrected chi connectivity index (χ4v) is 1.07. The van der Waals surface area contributed by atoms with Crippen LogP contribution < -0.4 is 5.32 Å². The molecule has 0 aliphatic heterocycles. The minimum absolute atomic E-state index is 0.381. The van der Waals surface area contributed by atoms with E-state index in [1.54, 1.807) is 26.8 Å². The monoisotopic (exact) mass is 227 g/mol. The molecule has 0 bridgehead atoms. The molecule has 92 valence electrons. The standard InChI is InChI=1S/C12H21NO3/c1-6-8-10(14)9(7-2)13-11(15)16-12(3,4)5/h6-7,9-10,14H,1-2,8H2,3-5H3,(H,13,15). The molecule has 2 N–H and O–H groups in total. The number of hydrogen-bond acceptors (Lipinski definition) is 3.